The van der Waals surface area contributed by atoms with Crippen LogP contribution in [0.3, 0.4) is 0 Å². The van der Waals surface area contributed by atoms with Crippen molar-refractivity contribution in [2.45, 2.75) is 12.1 Å². The minimum atomic E-state index is -1.14. The van der Waals surface area contributed by atoms with Crippen molar-refractivity contribution < 1.29 is 36.1 Å². The highest BCUT2D eigenvalue weighted by Crippen LogP contribution is 2.42. The van der Waals surface area contributed by atoms with Gasteiger partial charge in [0.2, 0.25) is 0 Å². The van der Waals surface area contributed by atoms with Gasteiger partial charge in [-0.15, -0.1) is 0 Å². The zero-order valence-corrected chi connectivity index (χ0v) is 17.2. The number of nitrogens with zero attached hydrogens (tertiary/aromatic N) is 2. The molecule has 0 amide bonds. The smallest absolute Gasteiger partial charge is 0.316 e. The fourth-order valence-corrected chi connectivity index (χ4v) is 5.05. The number of para-hydroxylation sites is 1. The lowest BCUT2D eigenvalue weighted by atomic mass is 10.00. The van der Waals surface area contributed by atoms with Crippen LogP contribution in [0, 0.1) is 0 Å². The molecule has 5 rings (SSSR count). The van der Waals surface area contributed by atoms with E-state index in [4.69, 9.17) is 9.47 Å². The molecule has 0 fully saturated rings. The van der Waals surface area contributed by atoms with Crippen LogP contribution in [0.15, 0.2) is 48.5 Å². The summed E-state index contributed by atoms with van der Waals surface area (Å²) in [6, 6.07) is 15.9. The molecule has 1 N–H and O–H groups in total. The van der Waals surface area contributed by atoms with E-state index in [1.807, 2.05) is 48.2 Å². The molecule has 0 saturated heterocycles. The molecule has 0 saturated carbocycles. The van der Waals surface area contributed by atoms with Crippen LogP contribution >= 0.6 is 11.8 Å². The van der Waals surface area contributed by atoms with Crippen molar-refractivity contribution in [3.05, 3.63) is 54.1 Å². The lowest BCUT2D eigenvalue weighted by Gasteiger charge is -2.29. The van der Waals surface area contributed by atoms with E-state index < -0.39 is 5.72 Å². The Morgan fingerprint density at radius 2 is 1.81 bits per heavy atom. The van der Waals surface area contributed by atoms with Crippen molar-refractivity contribution >= 4 is 22.6 Å². The number of aliphatic hydroxyl groups is 1. The summed E-state index contributed by atoms with van der Waals surface area (Å²) in [5, 5.41) is 13.0. The molecular weight excluding hydrogens is 428 g/mol. The topological polar surface area (TPSA) is 44.9 Å². The summed E-state index contributed by atoms with van der Waals surface area (Å²) in [6.07, 6.45) is 1.13. The van der Waals surface area contributed by atoms with E-state index >= 15 is 0 Å². The number of fused-ring (bicyclic) bond motifs is 1. The van der Waals surface area contributed by atoms with Crippen LogP contribution in [-0.4, -0.2) is 46.9 Å². The number of hydrogen-bond donors (Lipinski definition) is 1. The predicted octanol–water partition coefficient (Wildman–Crippen LogP) is -0.367. The van der Waals surface area contributed by atoms with Crippen LogP contribution in [-0.2, 0) is 5.72 Å². The van der Waals surface area contributed by atoms with Gasteiger partial charge in [0.1, 0.15) is 18.9 Å². The second kappa shape index (κ2) is 7.37. The molecule has 0 spiro atoms. The third-order valence-corrected chi connectivity index (χ3v) is 6.26. The van der Waals surface area contributed by atoms with E-state index in [9.17, 15) is 5.11 Å². The molecule has 1 unspecified atom stereocenters. The molecule has 142 valence electrons. The molecular formula is C20H21BrN2O3S. The Bertz CT molecular complexity index is 877. The summed E-state index contributed by atoms with van der Waals surface area (Å²) in [5.74, 6) is 2.53. The largest absolute Gasteiger partial charge is 1.00 e. The number of hydrogen-bond acceptors (Lipinski definition) is 5. The van der Waals surface area contributed by atoms with Gasteiger partial charge in [-0.2, -0.15) is 4.90 Å². The fourth-order valence-electron chi connectivity index (χ4n) is 3.87. The zero-order valence-electron chi connectivity index (χ0n) is 14.8. The number of rotatable bonds is 2. The van der Waals surface area contributed by atoms with Crippen molar-refractivity contribution in [2.24, 2.45) is 0 Å². The summed E-state index contributed by atoms with van der Waals surface area (Å²) >= 11 is 1.82. The van der Waals surface area contributed by atoms with Gasteiger partial charge < -0.3 is 31.6 Å². The van der Waals surface area contributed by atoms with Crippen LogP contribution in [0.4, 0.5) is 5.69 Å². The van der Waals surface area contributed by atoms with E-state index in [1.165, 1.54) is 0 Å². The van der Waals surface area contributed by atoms with E-state index in [-0.39, 0.29) is 17.0 Å². The van der Waals surface area contributed by atoms with E-state index in [2.05, 4.69) is 21.6 Å². The normalized spacial score (nSPS) is 23.7. The zero-order chi connectivity index (χ0) is 17.6. The van der Waals surface area contributed by atoms with Gasteiger partial charge in [0.25, 0.3) is 5.72 Å². The maximum atomic E-state index is 11.9. The van der Waals surface area contributed by atoms with Crippen LogP contribution in [0.1, 0.15) is 12.0 Å². The lowest BCUT2D eigenvalue weighted by molar-refractivity contribution is -0.532. The van der Waals surface area contributed by atoms with Crippen LogP contribution in [0.2, 0.25) is 0 Å². The van der Waals surface area contributed by atoms with Crippen LogP contribution in [0.25, 0.3) is 0 Å². The summed E-state index contributed by atoms with van der Waals surface area (Å²) in [6.45, 7) is 2.62. The highest BCUT2D eigenvalue weighted by molar-refractivity contribution is 8.14. The van der Waals surface area contributed by atoms with Gasteiger partial charge in [-0.05, 0) is 48.5 Å². The number of anilines is 1. The van der Waals surface area contributed by atoms with Gasteiger partial charge >= 0.3 is 5.17 Å². The van der Waals surface area contributed by atoms with Gasteiger partial charge in [0.05, 0.1) is 6.54 Å². The van der Waals surface area contributed by atoms with Gasteiger partial charge in [-0.25, -0.2) is 4.58 Å². The molecule has 0 bridgehead atoms. The lowest BCUT2D eigenvalue weighted by Crippen LogP contribution is -3.00. The van der Waals surface area contributed by atoms with Gasteiger partial charge in [-0.3, -0.25) is 0 Å². The molecule has 7 heteroatoms. The average molecular weight is 449 g/mol. The third-order valence-electron chi connectivity index (χ3n) is 5.07. The number of thioether (sulfide) groups is 1. The minimum absolute atomic E-state index is 0. The maximum absolute atomic E-state index is 11.9. The Hall–Kier alpha value is -1.70. The van der Waals surface area contributed by atoms with Crippen molar-refractivity contribution in [1.29, 1.82) is 0 Å². The quantitative estimate of drug-likeness (QED) is 0.635. The Morgan fingerprint density at radius 3 is 2.63 bits per heavy atom. The highest BCUT2D eigenvalue weighted by atomic mass is 79.9. The molecule has 0 aromatic heterocycles. The molecule has 0 radical (unpaired) electrons. The summed E-state index contributed by atoms with van der Waals surface area (Å²) in [5.41, 5.74) is 0.689. The monoisotopic (exact) mass is 448 g/mol. The van der Waals surface area contributed by atoms with Crippen LogP contribution < -0.4 is 31.4 Å². The summed E-state index contributed by atoms with van der Waals surface area (Å²) in [7, 11) is 0. The fraction of sp³-hybridized carbons (Fsp3) is 0.350. The molecule has 0 aliphatic carbocycles. The van der Waals surface area contributed by atoms with E-state index in [0.29, 0.717) is 25.5 Å². The number of ether oxygens (including phenoxy) is 2. The Kier molecular flexibility index (Phi) is 5.09. The second-order valence-corrected chi connectivity index (χ2v) is 7.81. The van der Waals surface area contributed by atoms with Crippen molar-refractivity contribution in [1.82, 2.24) is 0 Å². The van der Waals surface area contributed by atoms with Crippen molar-refractivity contribution in [3.8, 4) is 11.5 Å². The third kappa shape index (κ3) is 3.11. The second-order valence-electron chi connectivity index (χ2n) is 6.75. The van der Waals surface area contributed by atoms with Gasteiger partial charge in [-0.1, -0.05) is 18.2 Å². The highest BCUT2D eigenvalue weighted by Gasteiger charge is 2.55. The molecule has 2 aromatic rings. The van der Waals surface area contributed by atoms with Crippen molar-refractivity contribution in [2.75, 3.05) is 37.0 Å². The molecule has 1 atom stereocenters. The first kappa shape index (κ1) is 18.7. The molecule has 5 nitrogen and oxygen atoms in total. The average Bonchev–Trinajstić information content (AvgIpc) is 3.01. The van der Waals surface area contributed by atoms with E-state index in [0.717, 1.165) is 40.9 Å². The molecule has 3 aliphatic heterocycles. The summed E-state index contributed by atoms with van der Waals surface area (Å²) < 4.78 is 13.7. The first-order valence-electron chi connectivity index (χ1n) is 8.98. The molecule has 2 aromatic carbocycles. The minimum Gasteiger partial charge on any atom is -1.00 e. The first-order chi connectivity index (χ1) is 12.8. The number of halogens is 1. The van der Waals surface area contributed by atoms with Gasteiger partial charge in [0.15, 0.2) is 18.0 Å². The molecule has 3 aliphatic rings. The predicted molar refractivity (Wildman–Crippen MR) is 102 cm³/mol. The van der Waals surface area contributed by atoms with Crippen LogP contribution in [0.5, 0.6) is 11.5 Å². The Balaban J connectivity index is 0.00000180. The SMILES string of the molecule is OC1(c2ccc3c(c2)OCCO3)C[N+]2=C(SCCC2)N1c1ccccc1.[Br-]. The van der Waals surface area contributed by atoms with Crippen molar-refractivity contribution in [3.63, 3.8) is 0 Å². The standard InChI is InChI=1S/C20H21N2O3S.BrH/c23-20(15-7-8-17-18(13-15)25-11-10-24-17)14-21-9-4-12-26-19(21)22(20)16-5-2-1-3-6-16;/h1-3,5-8,13,23H,4,9-12,14H2;1H/q+1;/p-1. The first-order valence-corrected chi connectivity index (χ1v) is 9.97. The molecule has 27 heavy (non-hydrogen) atoms. The maximum Gasteiger partial charge on any atom is 0.316 e. The summed E-state index contributed by atoms with van der Waals surface area (Å²) in [4.78, 5) is 2.07. The van der Waals surface area contributed by atoms with Gasteiger partial charge in [0, 0.05) is 11.3 Å². The molecule has 3 heterocycles. The number of amidine groups is 1. The Labute approximate surface area is 173 Å². The van der Waals surface area contributed by atoms with E-state index in [1.54, 1.807) is 0 Å². The number of benzene rings is 2. The Morgan fingerprint density at radius 1 is 1.04 bits per heavy atom.